The molecule has 0 amide bonds. The molecule has 0 fully saturated rings. The molecule has 0 saturated carbocycles. The van der Waals surface area contributed by atoms with Crippen LogP contribution in [-0.2, 0) is 0 Å². The Bertz CT molecular complexity index is 591. The fraction of sp³-hybridized carbons (Fsp3) is 0. The summed E-state index contributed by atoms with van der Waals surface area (Å²) in [6.45, 7) is 3.50. The Morgan fingerprint density at radius 1 is 1.06 bits per heavy atom. The molecule has 0 N–H and O–H groups in total. The standard InChI is InChI=1S/C15H10BrNO/c1-2-18-14-8-5-12(6-9-14)3-4-13-7-10-15(16)17-11-13/h2,5-11H,1H2. The topological polar surface area (TPSA) is 22.1 Å². The van der Waals surface area contributed by atoms with Gasteiger partial charge in [0.2, 0.25) is 0 Å². The number of aromatic nitrogens is 1. The van der Waals surface area contributed by atoms with E-state index in [4.69, 9.17) is 4.74 Å². The predicted octanol–water partition coefficient (Wildman–Crippen LogP) is 3.77. The zero-order valence-electron chi connectivity index (χ0n) is 9.56. The van der Waals surface area contributed by atoms with Crippen LogP contribution < -0.4 is 4.74 Å². The van der Waals surface area contributed by atoms with Crippen molar-refractivity contribution in [2.75, 3.05) is 0 Å². The second kappa shape index (κ2) is 6.04. The van der Waals surface area contributed by atoms with Crippen molar-refractivity contribution >= 4 is 15.9 Å². The number of hydrogen-bond acceptors (Lipinski definition) is 2. The van der Waals surface area contributed by atoms with E-state index in [1.807, 2.05) is 36.4 Å². The van der Waals surface area contributed by atoms with Gasteiger partial charge in [0.1, 0.15) is 10.4 Å². The van der Waals surface area contributed by atoms with Crippen LogP contribution in [-0.4, -0.2) is 4.98 Å². The molecule has 0 atom stereocenters. The number of ether oxygens (including phenoxy) is 1. The lowest BCUT2D eigenvalue weighted by atomic mass is 10.2. The minimum atomic E-state index is 0.751. The molecular weight excluding hydrogens is 290 g/mol. The summed E-state index contributed by atoms with van der Waals surface area (Å²) in [6, 6.07) is 11.3. The van der Waals surface area contributed by atoms with Gasteiger partial charge in [-0.05, 0) is 52.3 Å². The Labute approximate surface area is 114 Å². The van der Waals surface area contributed by atoms with Gasteiger partial charge in [-0.2, -0.15) is 0 Å². The highest BCUT2D eigenvalue weighted by Gasteiger charge is 1.91. The van der Waals surface area contributed by atoms with Crippen molar-refractivity contribution in [3.8, 4) is 17.6 Å². The lowest BCUT2D eigenvalue weighted by molar-refractivity contribution is 0.483. The first-order chi connectivity index (χ1) is 8.78. The van der Waals surface area contributed by atoms with Crippen LogP contribution in [0.2, 0.25) is 0 Å². The molecule has 0 bridgehead atoms. The van der Waals surface area contributed by atoms with E-state index in [0.29, 0.717) is 0 Å². The summed E-state index contributed by atoms with van der Waals surface area (Å²) in [5.74, 6) is 6.86. The van der Waals surface area contributed by atoms with Crippen molar-refractivity contribution < 1.29 is 4.74 Å². The highest BCUT2D eigenvalue weighted by Crippen LogP contribution is 2.11. The molecule has 1 aromatic carbocycles. The minimum absolute atomic E-state index is 0.751. The summed E-state index contributed by atoms with van der Waals surface area (Å²) in [5, 5.41) is 0. The van der Waals surface area contributed by atoms with Crippen LogP contribution in [0, 0.1) is 11.8 Å². The normalized spacial score (nSPS) is 9.17. The third-order valence-corrected chi connectivity index (χ3v) is 2.62. The maximum absolute atomic E-state index is 5.14. The monoisotopic (exact) mass is 299 g/mol. The Hall–Kier alpha value is -2.05. The van der Waals surface area contributed by atoms with Gasteiger partial charge < -0.3 is 4.74 Å². The number of benzene rings is 1. The van der Waals surface area contributed by atoms with Crippen molar-refractivity contribution in [2.45, 2.75) is 0 Å². The molecule has 2 nitrogen and oxygen atoms in total. The average Bonchev–Trinajstić information content (AvgIpc) is 2.40. The Balaban J connectivity index is 2.14. The maximum atomic E-state index is 5.14. The zero-order valence-corrected chi connectivity index (χ0v) is 11.1. The molecule has 1 aromatic heterocycles. The zero-order chi connectivity index (χ0) is 12.8. The van der Waals surface area contributed by atoms with Crippen LogP contribution in [0.25, 0.3) is 0 Å². The van der Waals surface area contributed by atoms with Crippen LogP contribution >= 0.6 is 15.9 Å². The van der Waals surface area contributed by atoms with Gasteiger partial charge in [0, 0.05) is 17.3 Å². The van der Waals surface area contributed by atoms with E-state index in [2.05, 4.69) is 39.3 Å². The van der Waals surface area contributed by atoms with Crippen LogP contribution in [0.15, 0.2) is 60.0 Å². The average molecular weight is 300 g/mol. The third-order valence-electron chi connectivity index (χ3n) is 2.15. The maximum Gasteiger partial charge on any atom is 0.126 e. The molecule has 0 aliphatic carbocycles. The Morgan fingerprint density at radius 3 is 2.33 bits per heavy atom. The van der Waals surface area contributed by atoms with Crippen LogP contribution in [0.4, 0.5) is 0 Å². The molecule has 3 heteroatoms. The SMILES string of the molecule is C=COc1ccc(C#Cc2ccc(Br)nc2)cc1. The summed E-state index contributed by atoms with van der Waals surface area (Å²) >= 11 is 3.28. The molecule has 2 aromatic rings. The highest BCUT2D eigenvalue weighted by atomic mass is 79.9. The fourth-order valence-corrected chi connectivity index (χ4v) is 1.54. The minimum Gasteiger partial charge on any atom is -0.466 e. The van der Waals surface area contributed by atoms with E-state index < -0.39 is 0 Å². The molecule has 0 aliphatic rings. The molecule has 2 rings (SSSR count). The summed E-state index contributed by atoms with van der Waals surface area (Å²) in [5.41, 5.74) is 1.80. The summed E-state index contributed by atoms with van der Waals surface area (Å²) < 4.78 is 5.94. The van der Waals surface area contributed by atoms with Crippen LogP contribution in [0.5, 0.6) is 5.75 Å². The van der Waals surface area contributed by atoms with Gasteiger partial charge in [0.15, 0.2) is 0 Å². The van der Waals surface area contributed by atoms with E-state index in [1.54, 1.807) is 6.20 Å². The number of nitrogens with zero attached hydrogens (tertiary/aromatic N) is 1. The van der Waals surface area contributed by atoms with Gasteiger partial charge in [-0.25, -0.2) is 4.98 Å². The fourth-order valence-electron chi connectivity index (χ4n) is 1.31. The second-order valence-electron chi connectivity index (χ2n) is 3.43. The van der Waals surface area contributed by atoms with Gasteiger partial charge >= 0.3 is 0 Å². The molecule has 1 heterocycles. The van der Waals surface area contributed by atoms with Crippen molar-refractivity contribution in [1.82, 2.24) is 4.98 Å². The van der Waals surface area contributed by atoms with Crippen molar-refractivity contribution in [3.63, 3.8) is 0 Å². The molecule has 0 unspecified atom stereocenters. The number of rotatable bonds is 2. The smallest absolute Gasteiger partial charge is 0.126 e. The first kappa shape index (κ1) is 12.4. The van der Waals surface area contributed by atoms with E-state index in [-0.39, 0.29) is 0 Å². The molecule has 0 saturated heterocycles. The first-order valence-corrected chi connectivity index (χ1v) is 6.08. The van der Waals surface area contributed by atoms with Gasteiger partial charge in [0.05, 0.1) is 6.26 Å². The molecular formula is C15H10BrNO. The van der Waals surface area contributed by atoms with E-state index >= 15 is 0 Å². The van der Waals surface area contributed by atoms with Crippen molar-refractivity contribution in [3.05, 3.63) is 71.2 Å². The van der Waals surface area contributed by atoms with Crippen LogP contribution in [0.1, 0.15) is 11.1 Å². The Kier molecular flexibility index (Phi) is 4.16. The van der Waals surface area contributed by atoms with Crippen LogP contribution in [0.3, 0.4) is 0 Å². The summed E-state index contributed by atoms with van der Waals surface area (Å²) in [6.07, 6.45) is 3.13. The van der Waals surface area contributed by atoms with Gasteiger partial charge in [-0.15, -0.1) is 0 Å². The second-order valence-corrected chi connectivity index (χ2v) is 4.24. The predicted molar refractivity (Wildman–Crippen MR) is 75.2 cm³/mol. The van der Waals surface area contributed by atoms with Gasteiger partial charge in [-0.3, -0.25) is 0 Å². The summed E-state index contributed by atoms with van der Waals surface area (Å²) in [4.78, 5) is 4.11. The summed E-state index contributed by atoms with van der Waals surface area (Å²) in [7, 11) is 0. The van der Waals surface area contributed by atoms with E-state index in [9.17, 15) is 0 Å². The van der Waals surface area contributed by atoms with E-state index in [1.165, 1.54) is 6.26 Å². The van der Waals surface area contributed by atoms with Gasteiger partial charge in [-0.1, -0.05) is 18.4 Å². The quantitative estimate of drug-likeness (QED) is 0.478. The third kappa shape index (κ3) is 3.47. The molecule has 0 radical (unpaired) electrons. The number of halogens is 1. The highest BCUT2D eigenvalue weighted by molar-refractivity contribution is 9.10. The van der Waals surface area contributed by atoms with Gasteiger partial charge in [0.25, 0.3) is 0 Å². The largest absolute Gasteiger partial charge is 0.466 e. The number of pyridine rings is 1. The lowest BCUT2D eigenvalue weighted by Crippen LogP contribution is -1.81. The van der Waals surface area contributed by atoms with Crippen molar-refractivity contribution in [2.24, 2.45) is 0 Å². The molecule has 0 aliphatic heterocycles. The Morgan fingerprint density at radius 2 is 1.72 bits per heavy atom. The van der Waals surface area contributed by atoms with E-state index in [0.717, 1.165) is 21.5 Å². The number of hydrogen-bond donors (Lipinski definition) is 0. The molecule has 88 valence electrons. The lowest BCUT2D eigenvalue weighted by Gasteiger charge is -1.98. The molecule has 0 spiro atoms. The first-order valence-electron chi connectivity index (χ1n) is 5.29. The molecule has 18 heavy (non-hydrogen) atoms. The van der Waals surface area contributed by atoms with Crippen molar-refractivity contribution in [1.29, 1.82) is 0 Å².